The monoisotopic (exact) mass is 338 g/mol. The van der Waals surface area contributed by atoms with E-state index < -0.39 is 6.61 Å². The SMILES string of the molecule is Cc1cc(CNCc2cc(Cl)ccc2OC(F)F)no1.Cl. The highest BCUT2D eigenvalue weighted by molar-refractivity contribution is 6.30. The Morgan fingerprint density at radius 1 is 1.33 bits per heavy atom. The van der Waals surface area contributed by atoms with Gasteiger partial charge in [0.05, 0.1) is 5.69 Å². The number of aryl methyl sites for hydroxylation is 1. The van der Waals surface area contributed by atoms with Crippen molar-refractivity contribution in [1.29, 1.82) is 0 Å². The lowest BCUT2D eigenvalue weighted by molar-refractivity contribution is -0.0505. The second-order valence-electron chi connectivity index (χ2n) is 4.16. The summed E-state index contributed by atoms with van der Waals surface area (Å²) in [5, 5.41) is 7.35. The average molecular weight is 339 g/mol. The van der Waals surface area contributed by atoms with Gasteiger partial charge in [0.2, 0.25) is 0 Å². The number of ether oxygens (including phenoxy) is 1. The van der Waals surface area contributed by atoms with E-state index in [1.54, 1.807) is 19.1 Å². The number of aromatic nitrogens is 1. The van der Waals surface area contributed by atoms with E-state index in [2.05, 4.69) is 15.2 Å². The van der Waals surface area contributed by atoms with E-state index in [9.17, 15) is 8.78 Å². The van der Waals surface area contributed by atoms with Crippen molar-refractivity contribution in [3.8, 4) is 5.75 Å². The third-order valence-corrected chi connectivity index (χ3v) is 2.77. The van der Waals surface area contributed by atoms with Crippen LogP contribution in [0.15, 0.2) is 28.8 Å². The van der Waals surface area contributed by atoms with Gasteiger partial charge in [0, 0.05) is 29.7 Å². The summed E-state index contributed by atoms with van der Waals surface area (Å²) in [4.78, 5) is 0. The average Bonchev–Trinajstić information content (AvgIpc) is 2.78. The van der Waals surface area contributed by atoms with E-state index in [4.69, 9.17) is 16.1 Å². The Morgan fingerprint density at radius 2 is 2.10 bits per heavy atom. The third kappa shape index (κ3) is 5.49. The molecule has 0 radical (unpaired) electrons. The van der Waals surface area contributed by atoms with Crippen LogP contribution in [0.2, 0.25) is 5.02 Å². The molecule has 0 fully saturated rings. The lowest BCUT2D eigenvalue weighted by Crippen LogP contribution is -2.14. The number of benzene rings is 1. The highest BCUT2D eigenvalue weighted by atomic mass is 35.5. The molecule has 2 aromatic rings. The largest absolute Gasteiger partial charge is 0.434 e. The maximum Gasteiger partial charge on any atom is 0.387 e. The maximum atomic E-state index is 12.3. The van der Waals surface area contributed by atoms with Gasteiger partial charge in [0.25, 0.3) is 0 Å². The highest BCUT2D eigenvalue weighted by Gasteiger charge is 2.10. The Labute approximate surface area is 131 Å². The summed E-state index contributed by atoms with van der Waals surface area (Å²) < 4.78 is 34.0. The zero-order chi connectivity index (χ0) is 14.5. The first-order valence-corrected chi connectivity index (χ1v) is 6.28. The molecule has 1 N–H and O–H groups in total. The number of hydrogen-bond donors (Lipinski definition) is 1. The van der Waals surface area contributed by atoms with Gasteiger partial charge < -0.3 is 14.6 Å². The van der Waals surface area contributed by atoms with Gasteiger partial charge in [-0.1, -0.05) is 16.8 Å². The van der Waals surface area contributed by atoms with Gasteiger partial charge in [-0.25, -0.2) is 0 Å². The van der Waals surface area contributed by atoms with Gasteiger partial charge in [0.1, 0.15) is 11.5 Å². The lowest BCUT2D eigenvalue weighted by Gasteiger charge is -2.11. The number of nitrogens with one attached hydrogen (secondary N) is 1. The Morgan fingerprint density at radius 3 is 2.71 bits per heavy atom. The fraction of sp³-hybridized carbons (Fsp3) is 0.308. The second kappa shape index (κ2) is 8.17. The molecule has 4 nitrogen and oxygen atoms in total. The molecule has 0 aliphatic heterocycles. The van der Waals surface area contributed by atoms with Crippen molar-refractivity contribution in [3.05, 3.63) is 46.3 Å². The standard InChI is InChI=1S/C13H13ClF2N2O2.ClH/c1-8-4-11(18-20-8)7-17-6-9-5-10(14)2-3-12(9)19-13(15)16;/h2-5,13,17H,6-7H2,1H3;1H. The quantitative estimate of drug-likeness (QED) is 0.866. The van der Waals surface area contributed by atoms with Gasteiger partial charge in [-0.3, -0.25) is 0 Å². The number of nitrogens with zero attached hydrogens (tertiary/aromatic N) is 1. The Kier molecular flexibility index (Phi) is 6.87. The zero-order valence-corrected chi connectivity index (χ0v) is 12.7. The van der Waals surface area contributed by atoms with Crippen LogP contribution in [-0.2, 0) is 13.1 Å². The summed E-state index contributed by atoms with van der Waals surface area (Å²) in [6, 6.07) is 6.30. The van der Waals surface area contributed by atoms with Crippen LogP contribution in [-0.4, -0.2) is 11.8 Å². The first-order chi connectivity index (χ1) is 9.54. The number of alkyl halides is 2. The van der Waals surface area contributed by atoms with Gasteiger partial charge in [-0.15, -0.1) is 12.4 Å². The van der Waals surface area contributed by atoms with Crippen LogP contribution >= 0.6 is 24.0 Å². The summed E-state index contributed by atoms with van der Waals surface area (Å²) in [7, 11) is 0. The van der Waals surface area contributed by atoms with Crippen molar-refractivity contribution >= 4 is 24.0 Å². The molecule has 0 atom stereocenters. The van der Waals surface area contributed by atoms with E-state index in [0.29, 0.717) is 29.4 Å². The first-order valence-electron chi connectivity index (χ1n) is 5.91. The molecule has 0 unspecified atom stereocenters. The molecule has 21 heavy (non-hydrogen) atoms. The Hall–Kier alpha value is -1.37. The smallest absolute Gasteiger partial charge is 0.387 e. The van der Waals surface area contributed by atoms with Crippen molar-refractivity contribution in [2.75, 3.05) is 0 Å². The predicted molar refractivity (Wildman–Crippen MR) is 77.1 cm³/mol. The second-order valence-corrected chi connectivity index (χ2v) is 4.60. The van der Waals surface area contributed by atoms with Gasteiger partial charge in [-0.05, 0) is 25.1 Å². The molecule has 8 heteroatoms. The molecule has 0 amide bonds. The van der Waals surface area contributed by atoms with E-state index >= 15 is 0 Å². The molecule has 0 saturated heterocycles. The van der Waals surface area contributed by atoms with Crippen molar-refractivity contribution in [2.24, 2.45) is 0 Å². The minimum Gasteiger partial charge on any atom is -0.434 e. The molecule has 0 bridgehead atoms. The molecule has 116 valence electrons. The fourth-order valence-electron chi connectivity index (χ4n) is 1.72. The molecular formula is C13H14Cl2F2N2O2. The van der Waals surface area contributed by atoms with Gasteiger partial charge in [0.15, 0.2) is 0 Å². The minimum absolute atomic E-state index is 0. The van der Waals surface area contributed by atoms with E-state index in [0.717, 1.165) is 5.69 Å². The summed E-state index contributed by atoms with van der Waals surface area (Å²) in [6.07, 6.45) is 0. The molecule has 0 aliphatic rings. The van der Waals surface area contributed by atoms with Gasteiger partial charge >= 0.3 is 6.61 Å². The van der Waals surface area contributed by atoms with E-state index in [1.807, 2.05) is 0 Å². The minimum atomic E-state index is -2.87. The summed E-state index contributed by atoms with van der Waals surface area (Å²) in [5.74, 6) is 0.819. The van der Waals surface area contributed by atoms with Crippen LogP contribution in [0.3, 0.4) is 0 Å². The molecular weight excluding hydrogens is 325 g/mol. The normalized spacial score (nSPS) is 10.5. The zero-order valence-electron chi connectivity index (χ0n) is 11.1. The van der Waals surface area contributed by atoms with Gasteiger partial charge in [-0.2, -0.15) is 8.78 Å². The highest BCUT2D eigenvalue weighted by Crippen LogP contribution is 2.24. The molecule has 2 rings (SSSR count). The molecule has 1 aromatic carbocycles. The van der Waals surface area contributed by atoms with Crippen molar-refractivity contribution < 1.29 is 18.0 Å². The maximum absolute atomic E-state index is 12.3. The van der Waals surface area contributed by atoms with E-state index in [-0.39, 0.29) is 18.2 Å². The fourth-order valence-corrected chi connectivity index (χ4v) is 1.92. The van der Waals surface area contributed by atoms with Crippen LogP contribution in [0.1, 0.15) is 17.0 Å². The Bertz CT molecular complexity index is 579. The molecule has 0 saturated carbocycles. The van der Waals surface area contributed by atoms with Crippen LogP contribution in [0.5, 0.6) is 5.75 Å². The lowest BCUT2D eigenvalue weighted by atomic mass is 10.2. The van der Waals surface area contributed by atoms with Crippen LogP contribution < -0.4 is 10.1 Å². The van der Waals surface area contributed by atoms with Crippen molar-refractivity contribution in [3.63, 3.8) is 0 Å². The Balaban J connectivity index is 0.00000220. The van der Waals surface area contributed by atoms with Crippen LogP contribution in [0.25, 0.3) is 0 Å². The first kappa shape index (κ1) is 17.7. The molecule has 1 heterocycles. The molecule has 0 aliphatic carbocycles. The summed E-state index contributed by atoms with van der Waals surface area (Å²) in [5.41, 5.74) is 1.29. The number of hydrogen-bond acceptors (Lipinski definition) is 4. The van der Waals surface area contributed by atoms with Crippen molar-refractivity contribution in [1.82, 2.24) is 10.5 Å². The summed E-state index contributed by atoms with van der Waals surface area (Å²) in [6.45, 7) is -0.290. The number of halogens is 4. The molecule has 0 spiro atoms. The number of rotatable bonds is 6. The van der Waals surface area contributed by atoms with E-state index in [1.165, 1.54) is 12.1 Å². The van der Waals surface area contributed by atoms with Crippen LogP contribution in [0, 0.1) is 6.92 Å². The third-order valence-electron chi connectivity index (χ3n) is 2.54. The predicted octanol–water partition coefficient (Wildman–Crippen LogP) is 3.95. The topological polar surface area (TPSA) is 47.3 Å². The van der Waals surface area contributed by atoms with Crippen molar-refractivity contribution in [2.45, 2.75) is 26.6 Å². The summed E-state index contributed by atoms with van der Waals surface area (Å²) >= 11 is 5.85. The van der Waals surface area contributed by atoms with Crippen LogP contribution in [0.4, 0.5) is 8.78 Å². The molecule has 1 aromatic heterocycles.